The molecule has 0 spiro atoms. The van der Waals surface area contributed by atoms with E-state index in [1.807, 2.05) is 0 Å². The van der Waals surface area contributed by atoms with Crippen molar-refractivity contribution < 1.29 is 8.42 Å². The molecule has 0 amide bonds. The number of benzene rings is 2. The highest BCUT2D eigenvalue weighted by molar-refractivity contribution is 9.10. The summed E-state index contributed by atoms with van der Waals surface area (Å²) < 4.78 is 27.9. The summed E-state index contributed by atoms with van der Waals surface area (Å²) in [4.78, 5) is 0.150. The molecular formula is C13H12BrClN2O2S. The van der Waals surface area contributed by atoms with Crippen molar-refractivity contribution in [1.82, 2.24) is 0 Å². The van der Waals surface area contributed by atoms with Gasteiger partial charge in [0.2, 0.25) is 0 Å². The predicted molar refractivity (Wildman–Crippen MR) is 85.6 cm³/mol. The monoisotopic (exact) mass is 374 g/mol. The van der Waals surface area contributed by atoms with E-state index in [2.05, 4.69) is 20.7 Å². The van der Waals surface area contributed by atoms with Crippen LogP contribution in [0, 0.1) is 6.92 Å². The van der Waals surface area contributed by atoms with Crippen LogP contribution in [0.25, 0.3) is 0 Å². The highest BCUT2D eigenvalue weighted by Crippen LogP contribution is 2.28. The molecule has 0 heterocycles. The van der Waals surface area contributed by atoms with Crippen molar-refractivity contribution >= 4 is 48.9 Å². The Morgan fingerprint density at radius 2 is 1.95 bits per heavy atom. The smallest absolute Gasteiger partial charge is 0.262 e. The molecule has 0 aliphatic carbocycles. The average molecular weight is 376 g/mol. The van der Waals surface area contributed by atoms with Gasteiger partial charge in [-0.1, -0.05) is 17.7 Å². The summed E-state index contributed by atoms with van der Waals surface area (Å²) >= 11 is 9.19. The quantitative estimate of drug-likeness (QED) is 0.802. The number of nitrogens with one attached hydrogen (secondary N) is 1. The molecule has 7 heteroatoms. The molecule has 0 aliphatic rings. The third-order valence-electron chi connectivity index (χ3n) is 2.79. The molecule has 3 N–H and O–H groups in total. The molecule has 0 radical (unpaired) electrons. The maximum absolute atomic E-state index is 12.3. The second-order valence-electron chi connectivity index (χ2n) is 4.20. The standard InChI is InChI=1S/C13H12BrClN2O2S/c1-8-12(16)3-2-4-13(8)20(18,19)17-9-5-6-10(14)11(15)7-9/h2-7,17H,16H2,1H3. The van der Waals surface area contributed by atoms with Crippen molar-refractivity contribution in [3.63, 3.8) is 0 Å². The molecule has 0 aromatic heterocycles. The Labute approximate surface area is 131 Å². The number of nitrogen functional groups attached to an aromatic ring is 1. The van der Waals surface area contributed by atoms with Crippen LogP contribution < -0.4 is 10.5 Å². The summed E-state index contributed by atoms with van der Waals surface area (Å²) in [5, 5.41) is 0.425. The van der Waals surface area contributed by atoms with E-state index in [9.17, 15) is 8.42 Å². The van der Waals surface area contributed by atoms with Gasteiger partial charge in [-0.15, -0.1) is 0 Å². The minimum absolute atomic E-state index is 0.150. The molecule has 0 bridgehead atoms. The Hall–Kier alpha value is -1.24. The number of halogens is 2. The summed E-state index contributed by atoms with van der Waals surface area (Å²) in [6.45, 7) is 1.67. The second kappa shape index (κ2) is 5.63. The van der Waals surface area contributed by atoms with Gasteiger partial charge in [0.25, 0.3) is 10.0 Å². The number of nitrogens with two attached hydrogens (primary N) is 1. The fourth-order valence-corrected chi connectivity index (χ4v) is 3.45. The lowest BCUT2D eigenvalue weighted by Gasteiger charge is -2.12. The first kappa shape index (κ1) is 15.2. The lowest BCUT2D eigenvalue weighted by Crippen LogP contribution is -2.14. The average Bonchev–Trinajstić information content (AvgIpc) is 2.36. The molecule has 0 fully saturated rings. The van der Waals surface area contributed by atoms with Crippen LogP contribution in [0.1, 0.15) is 5.56 Å². The first-order valence-electron chi connectivity index (χ1n) is 5.64. The lowest BCUT2D eigenvalue weighted by atomic mass is 10.2. The highest BCUT2D eigenvalue weighted by atomic mass is 79.9. The first-order valence-corrected chi connectivity index (χ1v) is 8.29. The minimum atomic E-state index is -3.70. The van der Waals surface area contributed by atoms with Gasteiger partial charge in [0.1, 0.15) is 0 Å². The lowest BCUT2D eigenvalue weighted by molar-refractivity contribution is 0.600. The van der Waals surface area contributed by atoms with Crippen molar-refractivity contribution in [2.75, 3.05) is 10.5 Å². The zero-order valence-electron chi connectivity index (χ0n) is 10.5. The third kappa shape index (κ3) is 3.08. The number of anilines is 2. The van der Waals surface area contributed by atoms with E-state index in [-0.39, 0.29) is 4.90 Å². The van der Waals surface area contributed by atoms with Crippen LogP contribution in [0.5, 0.6) is 0 Å². The zero-order chi connectivity index (χ0) is 14.9. The third-order valence-corrected chi connectivity index (χ3v) is 5.55. The largest absolute Gasteiger partial charge is 0.398 e. The van der Waals surface area contributed by atoms with Crippen LogP contribution in [-0.4, -0.2) is 8.42 Å². The molecule has 2 rings (SSSR count). The number of hydrogen-bond acceptors (Lipinski definition) is 3. The topological polar surface area (TPSA) is 72.2 Å². The van der Waals surface area contributed by atoms with Crippen LogP contribution in [0.2, 0.25) is 5.02 Å². The maximum Gasteiger partial charge on any atom is 0.262 e. The van der Waals surface area contributed by atoms with E-state index >= 15 is 0 Å². The van der Waals surface area contributed by atoms with Gasteiger partial charge in [-0.3, -0.25) is 4.72 Å². The summed E-state index contributed by atoms with van der Waals surface area (Å²) in [5.41, 5.74) is 7.07. The van der Waals surface area contributed by atoms with Gasteiger partial charge in [0, 0.05) is 10.2 Å². The SMILES string of the molecule is Cc1c(N)cccc1S(=O)(=O)Nc1ccc(Br)c(Cl)c1. The van der Waals surface area contributed by atoms with Crippen LogP contribution in [0.3, 0.4) is 0 Å². The van der Waals surface area contributed by atoms with Gasteiger partial charge in [-0.25, -0.2) is 8.42 Å². The van der Waals surface area contributed by atoms with Gasteiger partial charge >= 0.3 is 0 Å². The van der Waals surface area contributed by atoms with Crippen LogP contribution in [-0.2, 0) is 10.0 Å². The van der Waals surface area contributed by atoms with Crippen molar-refractivity contribution in [3.8, 4) is 0 Å². The van der Waals surface area contributed by atoms with Gasteiger partial charge in [0.15, 0.2) is 0 Å². The second-order valence-corrected chi connectivity index (χ2v) is 7.12. The van der Waals surface area contributed by atoms with Gasteiger partial charge in [-0.05, 0) is 58.7 Å². The predicted octanol–water partition coefficient (Wildman–Crippen LogP) is 3.79. The van der Waals surface area contributed by atoms with Crippen LogP contribution >= 0.6 is 27.5 Å². The normalized spacial score (nSPS) is 11.3. The molecule has 0 atom stereocenters. The molecule has 2 aromatic rings. The van der Waals surface area contributed by atoms with E-state index in [4.69, 9.17) is 17.3 Å². The van der Waals surface area contributed by atoms with Crippen LogP contribution in [0.4, 0.5) is 11.4 Å². The summed E-state index contributed by atoms with van der Waals surface area (Å²) in [7, 11) is -3.70. The van der Waals surface area contributed by atoms with E-state index in [0.29, 0.717) is 26.4 Å². The van der Waals surface area contributed by atoms with Gasteiger partial charge in [0.05, 0.1) is 15.6 Å². The van der Waals surface area contributed by atoms with Gasteiger partial charge in [-0.2, -0.15) is 0 Å². The van der Waals surface area contributed by atoms with Crippen molar-refractivity contribution in [3.05, 3.63) is 51.5 Å². The molecule has 0 aliphatic heterocycles. The fourth-order valence-electron chi connectivity index (χ4n) is 1.69. The Morgan fingerprint density at radius 3 is 2.60 bits per heavy atom. The van der Waals surface area contributed by atoms with Crippen molar-refractivity contribution in [2.24, 2.45) is 0 Å². The molecule has 0 unspecified atom stereocenters. The Bertz CT molecular complexity index is 763. The number of hydrogen-bond donors (Lipinski definition) is 2. The Balaban J connectivity index is 2.41. The molecule has 0 saturated carbocycles. The number of sulfonamides is 1. The fraction of sp³-hybridized carbons (Fsp3) is 0.0769. The molecule has 0 saturated heterocycles. The summed E-state index contributed by atoms with van der Waals surface area (Å²) in [6, 6.07) is 9.59. The summed E-state index contributed by atoms with van der Waals surface area (Å²) in [6.07, 6.45) is 0. The van der Waals surface area contributed by atoms with Crippen molar-refractivity contribution in [1.29, 1.82) is 0 Å². The van der Waals surface area contributed by atoms with E-state index in [1.165, 1.54) is 12.1 Å². The van der Waals surface area contributed by atoms with E-state index in [0.717, 1.165) is 0 Å². The molecule has 2 aromatic carbocycles. The molecule has 20 heavy (non-hydrogen) atoms. The summed E-state index contributed by atoms with van der Waals surface area (Å²) in [5.74, 6) is 0. The Morgan fingerprint density at radius 1 is 1.25 bits per heavy atom. The van der Waals surface area contributed by atoms with E-state index in [1.54, 1.807) is 31.2 Å². The molecular weight excluding hydrogens is 364 g/mol. The van der Waals surface area contributed by atoms with Gasteiger partial charge < -0.3 is 5.73 Å². The first-order chi connectivity index (χ1) is 9.31. The number of rotatable bonds is 3. The minimum Gasteiger partial charge on any atom is -0.398 e. The van der Waals surface area contributed by atoms with Crippen molar-refractivity contribution in [2.45, 2.75) is 11.8 Å². The van der Waals surface area contributed by atoms with Crippen LogP contribution in [0.15, 0.2) is 45.8 Å². The maximum atomic E-state index is 12.3. The highest BCUT2D eigenvalue weighted by Gasteiger charge is 2.18. The Kier molecular flexibility index (Phi) is 4.27. The molecule has 106 valence electrons. The zero-order valence-corrected chi connectivity index (χ0v) is 13.7. The molecule has 4 nitrogen and oxygen atoms in total. The van der Waals surface area contributed by atoms with E-state index < -0.39 is 10.0 Å².